The molecule has 130 valence electrons. The molecule has 2 heterocycles. The molecule has 0 saturated heterocycles. The first-order chi connectivity index (χ1) is 12.2. The maximum absolute atomic E-state index is 11.4. The number of tetrazole rings is 2. The van der Waals surface area contributed by atoms with Crippen molar-refractivity contribution < 1.29 is 9.53 Å². The fourth-order valence-electron chi connectivity index (χ4n) is 2.18. The zero-order valence-electron chi connectivity index (χ0n) is 13.8. The Hall–Kier alpha value is -3.17. The maximum Gasteiger partial charge on any atom is 0.329 e. The summed E-state index contributed by atoms with van der Waals surface area (Å²) in [6.45, 7) is 2.63. The topological polar surface area (TPSA) is 114 Å². The van der Waals surface area contributed by atoms with Crippen LogP contribution in [0, 0.1) is 0 Å². The molecule has 0 spiro atoms. The van der Waals surface area contributed by atoms with Gasteiger partial charge in [-0.25, -0.2) is 4.79 Å². The summed E-state index contributed by atoms with van der Waals surface area (Å²) in [6, 6.07) is 9.68. The molecule has 1 aromatic carbocycles. The highest BCUT2D eigenvalue weighted by Crippen LogP contribution is 2.11. The minimum atomic E-state index is -0.383. The quantitative estimate of drug-likeness (QED) is 0.544. The molecule has 0 aliphatic rings. The first kappa shape index (κ1) is 16.7. The monoisotopic (exact) mass is 342 g/mol. The Morgan fingerprint density at radius 2 is 1.88 bits per heavy atom. The number of hydrogen-bond acceptors (Lipinski definition) is 8. The summed E-state index contributed by atoms with van der Waals surface area (Å²) >= 11 is 0. The van der Waals surface area contributed by atoms with Gasteiger partial charge in [0.15, 0.2) is 12.4 Å². The van der Waals surface area contributed by atoms with Crippen molar-refractivity contribution in [2.75, 3.05) is 6.61 Å². The molecule has 25 heavy (non-hydrogen) atoms. The van der Waals surface area contributed by atoms with E-state index in [1.165, 1.54) is 4.80 Å². The van der Waals surface area contributed by atoms with Crippen molar-refractivity contribution in [3.8, 4) is 11.4 Å². The van der Waals surface area contributed by atoms with Crippen LogP contribution in [-0.4, -0.2) is 53.0 Å². The van der Waals surface area contributed by atoms with Gasteiger partial charge in [0.05, 0.1) is 13.2 Å². The van der Waals surface area contributed by atoms with Crippen LogP contribution in [0.4, 0.5) is 0 Å². The van der Waals surface area contributed by atoms with Crippen molar-refractivity contribution in [1.29, 1.82) is 0 Å². The summed E-state index contributed by atoms with van der Waals surface area (Å²) in [4.78, 5) is 14.1. The van der Waals surface area contributed by atoms with E-state index in [4.69, 9.17) is 4.74 Å². The largest absolute Gasteiger partial charge is 0.465 e. The Labute approximate surface area is 143 Å². The van der Waals surface area contributed by atoms with Crippen LogP contribution >= 0.6 is 0 Å². The molecule has 10 heteroatoms. The predicted molar refractivity (Wildman–Crippen MR) is 86.0 cm³/mol. The molecule has 0 aliphatic carbocycles. The molecule has 0 radical (unpaired) electrons. The molecule has 0 N–H and O–H groups in total. The van der Waals surface area contributed by atoms with Crippen molar-refractivity contribution in [3.05, 3.63) is 36.2 Å². The zero-order chi connectivity index (χ0) is 17.5. The van der Waals surface area contributed by atoms with Crippen molar-refractivity contribution in [1.82, 2.24) is 40.4 Å². The van der Waals surface area contributed by atoms with Crippen LogP contribution in [0.2, 0.25) is 0 Å². The molecule has 0 aliphatic heterocycles. The van der Waals surface area contributed by atoms with E-state index in [2.05, 4.69) is 30.8 Å². The van der Waals surface area contributed by atoms with Crippen molar-refractivity contribution in [2.45, 2.75) is 32.9 Å². The minimum absolute atomic E-state index is 0.0358. The lowest BCUT2D eigenvalue weighted by atomic mass is 10.2. The van der Waals surface area contributed by atoms with Gasteiger partial charge >= 0.3 is 5.97 Å². The standard InChI is InChI=1S/C15H18N8O2/c1-2-25-14(24)11-23-18-13(16-20-23)9-6-10-22-19-15(17-21-22)12-7-4-3-5-8-12/h3-5,7-8H,2,6,9-11H2,1H3. The van der Waals surface area contributed by atoms with Crippen LogP contribution in [0.3, 0.4) is 0 Å². The van der Waals surface area contributed by atoms with Crippen molar-refractivity contribution in [3.63, 3.8) is 0 Å². The van der Waals surface area contributed by atoms with E-state index in [1.54, 1.807) is 11.7 Å². The summed E-state index contributed by atoms with van der Waals surface area (Å²) in [5.74, 6) is 0.776. The van der Waals surface area contributed by atoms with Crippen LogP contribution < -0.4 is 0 Å². The summed E-state index contributed by atoms with van der Waals surface area (Å²) < 4.78 is 4.84. The molecule has 0 saturated carbocycles. The highest BCUT2D eigenvalue weighted by Gasteiger charge is 2.09. The molecule has 10 nitrogen and oxygen atoms in total. The predicted octanol–water partition coefficient (Wildman–Crippen LogP) is 0.522. The molecule has 0 amide bonds. The second-order valence-electron chi connectivity index (χ2n) is 5.22. The van der Waals surface area contributed by atoms with Crippen LogP contribution in [0.5, 0.6) is 0 Å². The number of ether oxygens (including phenoxy) is 1. The first-order valence-corrected chi connectivity index (χ1v) is 8.00. The first-order valence-electron chi connectivity index (χ1n) is 8.00. The van der Waals surface area contributed by atoms with Gasteiger partial charge in [-0.1, -0.05) is 30.3 Å². The van der Waals surface area contributed by atoms with E-state index in [9.17, 15) is 4.79 Å². The molecular formula is C15H18N8O2. The molecule has 0 bridgehead atoms. The minimum Gasteiger partial charge on any atom is -0.465 e. The number of esters is 1. The van der Waals surface area contributed by atoms with Gasteiger partial charge in [0.2, 0.25) is 5.82 Å². The maximum atomic E-state index is 11.4. The molecule has 2 aromatic heterocycles. The van der Waals surface area contributed by atoms with E-state index in [-0.39, 0.29) is 12.5 Å². The molecular weight excluding hydrogens is 324 g/mol. The third kappa shape index (κ3) is 4.66. The second-order valence-corrected chi connectivity index (χ2v) is 5.22. The lowest BCUT2D eigenvalue weighted by molar-refractivity contribution is -0.144. The van der Waals surface area contributed by atoms with Crippen LogP contribution in [0.15, 0.2) is 30.3 Å². The van der Waals surface area contributed by atoms with Gasteiger partial charge in [-0.05, 0) is 23.8 Å². The number of benzene rings is 1. The lowest BCUT2D eigenvalue weighted by Gasteiger charge is -1.99. The Kier molecular flexibility index (Phi) is 5.39. The summed E-state index contributed by atoms with van der Waals surface area (Å²) in [5, 5.41) is 24.3. The van der Waals surface area contributed by atoms with E-state index < -0.39 is 0 Å². The number of carbonyl (C=O) groups is 1. The number of aromatic nitrogens is 8. The average Bonchev–Trinajstić information content (AvgIpc) is 3.26. The van der Waals surface area contributed by atoms with Gasteiger partial charge in [0, 0.05) is 12.0 Å². The summed E-state index contributed by atoms with van der Waals surface area (Å²) in [7, 11) is 0. The Balaban J connectivity index is 1.48. The second kappa shape index (κ2) is 8.08. The van der Waals surface area contributed by atoms with E-state index in [0.717, 1.165) is 12.0 Å². The van der Waals surface area contributed by atoms with Crippen molar-refractivity contribution >= 4 is 5.97 Å². The van der Waals surface area contributed by atoms with Gasteiger partial charge in [-0.3, -0.25) is 0 Å². The summed E-state index contributed by atoms with van der Waals surface area (Å²) in [6.07, 6.45) is 1.33. The molecule has 0 unspecified atom stereocenters. The number of nitrogens with zero attached hydrogens (tertiary/aromatic N) is 8. The van der Waals surface area contributed by atoms with Gasteiger partial charge < -0.3 is 4.74 Å². The number of rotatable bonds is 8. The van der Waals surface area contributed by atoms with Crippen LogP contribution in [0.25, 0.3) is 11.4 Å². The Morgan fingerprint density at radius 1 is 1.08 bits per heavy atom. The van der Waals surface area contributed by atoms with Gasteiger partial charge in [0.25, 0.3) is 0 Å². The fourth-order valence-corrected chi connectivity index (χ4v) is 2.18. The van der Waals surface area contributed by atoms with E-state index in [1.807, 2.05) is 30.3 Å². The highest BCUT2D eigenvalue weighted by molar-refractivity contribution is 5.68. The highest BCUT2D eigenvalue weighted by atomic mass is 16.5. The summed E-state index contributed by atoms with van der Waals surface area (Å²) in [5.41, 5.74) is 0.928. The number of aryl methyl sites for hydroxylation is 2. The van der Waals surface area contributed by atoms with E-state index in [0.29, 0.717) is 31.2 Å². The smallest absolute Gasteiger partial charge is 0.329 e. The SMILES string of the molecule is CCOC(=O)Cn1nnc(CCCn2nnc(-c3ccccc3)n2)n1. The number of hydrogen-bond donors (Lipinski definition) is 0. The molecule has 3 aromatic rings. The van der Waals surface area contributed by atoms with E-state index >= 15 is 0 Å². The average molecular weight is 342 g/mol. The van der Waals surface area contributed by atoms with Gasteiger partial charge in [-0.2, -0.15) is 9.59 Å². The zero-order valence-corrected chi connectivity index (χ0v) is 13.8. The van der Waals surface area contributed by atoms with Gasteiger partial charge in [0.1, 0.15) is 0 Å². The van der Waals surface area contributed by atoms with Crippen molar-refractivity contribution in [2.24, 2.45) is 0 Å². The molecule has 0 atom stereocenters. The third-order valence-corrected chi connectivity index (χ3v) is 3.31. The number of carbonyl (C=O) groups excluding carboxylic acids is 1. The molecule has 3 rings (SSSR count). The van der Waals surface area contributed by atoms with Crippen LogP contribution in [0.1, 0.15) is 19.2 Å². The lowest BCUT2D eigenvalue weighted by Crippen LogP contribution is -2.15. The fraction of sp³-hybridized carbons (Fsp3) is 0.400. The molecule has 0 fully saturated rings. The normalized spacial score (nSPS) is 10.8. The van der Waals surface area contributed by atoms with Gasteiger partial charge in [-0.15, -0.1) is 20.4 Å². The Bertz CT molecular complexity index is 814. The Morgan fingerprint density at radius 3 is 2.68 bits per heavy atom. The van der Waals surface area contributed by atoms with Crippen LogP contribution in [-0.2, 0) is 29.0 Å². The third-order valence-electron chi connectivity index (χ3n) is 3.31.